The first-order valence-electron chi connectivity index (χ1n) is 8.38. The Morgan fingerprint density at radius 1 is 1.22 bits per heavy atom. The van der Waals surface area contributed by atoms with Crippen LogP contribution in [-0.2, 0) is 6.54 Å². The zero-order valence-electron chi connectivity index (χ0n) is 15.2. The van der Waals surface area contributed by atoms with Gasteiger partial charge in [-0.3, -0.25) is 4.79 Å². The molecule has 2 heterocycles. The summed E-state index contributed by atoms with van der Waals surface area (Å²) in [4.78, 5) is 18.6. The van der Waals surface area contributed by atoms with Crippen LogP contribution in [0.15, 0.2) is 47.0 Å². The van der Waals surface area contributed by atoms with Gasteiger partial charge in [0, 0.05) is 18.3 Å². The van der Waals surface area contributed by atoms with E-state index in [4.69, 9.17) is 20.8 Å². The number of pyridine rings is 1. The summed E-state index contributed by atoms with van der Waals surface area (Å²) in [6.45, 7) is 4.01. The van der Waals surface area contributed by atoms with Crippen LogP contribution in [0.3, 0.4) is 0 Å². The highest BCUT2D eigenvalue weighted by molar-refractivity contribution is 6.33. The van der Waals surface area contributed by atoms with Crippen LogP contribution in [0.4, 0.5) is 0 Å². The van der Waals surface area contributed by atoms with E-state index >= 15 is 0 Å². The van der Waals surface area contributed by atoms with E-state index in [1.807, 2.05) is 26.0 Å². The molecule has 0 aliphatic rings. The van der Waals surface area contributed by atoms with E-state index in [0.717, 1.165) is 0 Å². The summed E-state index contributed by atoms with van der Waals surface area (Å²) in [7, 11) is 1.52. The lowest BCUT2D eigenvalue weighted by molar-refractivity contribution is 0.0672. The molecule has 140 valence electrons. The second-order valence-electron chi connectivity index (χ2n) is 6.10. The number of aromatic nitrogens is 3. The van der Waals surface area contributed by atoms with Gasteiger partial charge < -0.3 is 14.1 Å². The highest BCUT2D eigenvalue weighted by atomic mass is 35.5. The lowest BCUT2D eigenvalue weighted by atomic mass is 10.2. The molecule has 1 amide bonds. The quantitative estimate of drug-likeness (QED) is 0.640. The number of methoxy groups -OCH3 is 1. The average molecular weight is 387 g/mol. The number of halogens is 1. The van der Waals surface area contributed by atoms with Crippen LogP contribution >= 0.6 is 11.6 Å². The van der Waals surface area contributed by atoms with Gasteiger partial charge in [0.05, 0.1) is 29.8 Å². The minimum atomic E-state index is -0.183. The highest BCUT2D eigenvalue weighted by Crippen LogP contribution is 2.26. The van der Waals surface area contributed by atoms with Crippen molar-refractivity contribution in [3.05, 3.63) is 59.1 Å². The van der Waals surface area contributed by atoms with Crippen LogP contribution in [0, 0.1) is 0 Å². The van der Waals surface area contributed by atoms with E-state index in [1.165, 1.54) is 13.3 Å². The lowest BCUT2D eigenvalue weighted by Gasteiger charge is -2.25. The molecule has 0 aliphatic heterocycles. The van der Waals surface area contributed by atoms with Crippen LogP contribution in [-0.4, -0.2) is 39.1 Å². The molecule has 2 aromatic heterocycles. The molecule has 0 radical (unpaired) electrons. The van der Waals surface area contributed by atoms with Crippen LogP contribution in [0.2, 0.25) is 5.02 Å². The van der Waals surface area contributed by atoms with Crippen molar-refractivity contribution in [1.29, 1.82) is 0 Å². The Labute approximate surface area is 161 Å². The molecule has 8 heteroatoms. The monoisotopic (exact) mass is 386 g/mol. The van der Waals surface area contributed by atoms with E-state index in [1.54, 1.807) is 29.2 Å². The van der Waals surface area contributed by atoms with Crippen molar-refractivity contribution >= 4 is 17.5 Å². The zero-order valence-corrected chi connectivity index (χ0v) is 16.0. The van der Waals surface area contributed by atoms with Crippen LogP contribution in [0.1, 0.15) is 30.1 Å². The second-order valence-corrected chi connectivity index (χ2v) is 6.50. The minimum absolute atomic E-state index is 0.0738. The molecule has 1 aromatic carbocycles. The molecule has 0 fully saturated rings. The first kappa shape index (κ1) is 18.8. The topological polar surface area (TPSA) is 81.4 Å². The molecule has 3 rings (SSSR count). The maximum atomic E-state index is 12.9. The number of carbonyl (C=O) groups excluding carboxylic acids is 1. The zero-order chi connectivity index (χ0) is 19.4. The third kappa shape index (κ3) is 4.25. The van der Waals surface area contributed by atoms with Crippen LogP contribution in [0.25, 0.3) is 11.5 Å². The van der Waals surface area contributed by atoms with Gasteiger partial charge in [-0.15, -0.1) is 10.2 Å². The van der Waals surface area contributed by atoms with E-state index in [-0.39, 0.29) is 18.5 Å². The number of hydrogen-bond acceptors (Lipinski definition) is 6. The van der Waals surface area contributed by atoms with Crippen molar-refractivity contribution in [2.75, 3.05) is 7.11 Å². The van der Waals surface area contributed by atoms with Crippen LogP contribution in [0.5, 0.6) is 5.88 Å². The number of rotatable bonds is 6. The van der Waals surface area contributed by atoms with Gasteiger partial charge in [-0.1, -0.05) is 23.7 Å². The number of carbonyl (C=O) groups is 1. The Bertz CT molecular complexity index is 925. The molecular weight excluding hydrogens is 368 g/mol. The lowest BCUT2D eigenvalue weighted by Crippen LogP contribution is -2.36. The normalized spacial score (nSPS) is 10.9. The van der Waals surface area contributed by atoms with Gasteiger partial charge in [0.15, 0.2) is 0 Å². The standard InChI is InChI=1S/C19H19ClN4O3/c1-12(2)24(19(25)13-8-9-16(26-3)21-10-13)11-17-22-23-18(27-17)14-6-4-5-7-15(14)20/h4-10,12H,11H2,1-3H3. The van der Waals surface area contributed by atoms with Gasteiger partial charge >= 0.3 is 0 Å². The fourth-order valence-corrected chi connectivity index (χ4v) is 2.71. The number of nitrogens with zero attached hydrogens (tertiary/aromatic N) is 4. The van der Waals surface area contributed by atoms with Crippen molar-refractivity contribution in [3.63, 3.8) is 0 Å². The molecule has 0 saturated carbocycles. The van der Waals surface area contributed by atoms with Crippen LogP contribution < -0.4 is 4.74 Å². The summed E-state index contributed by atoms with van der Waals surface area (Å²) in [6, 6.07) is 10.5. The summed E-state index contributed by atoms with van der Waals surface area (Å²) >= 11 is 6.17. The summed E-state index contributed by atoms with van der Waals surface area (Å²) in [5.41, 5.74) is 1.11. The molecule has 0 spiro atoms. The third-order valence-electron chi connectivity index (χ3n) is 3.95. The maximum Gasteiger partial charge on any atom is 0.256 e. The SMILES string of the molecule is COc1ccc(C(=O)N(Cc2nnc(-c3ccccc3Cl)o2)C(C)C)cn1. The number of ether oxygens (including phenoxy) is 1. The van der Waals surface area contributed by atoms with Crippen molar-refractivity contribution in [2.45, 2.75) is 26.4 Å². The first-order valence-corrected chi connectivity index (χ1v) is 8.75. The van der Waals surface area contributed by atoms with Gasteiger partial charge in [0.2, 0.25) is 17.7 Å². The number of benzene rings is 1. The molecule has 0 saturated heterocycles. The van der Waals surface area contributed by atoms with Crippen molar-refractivity contribution < 1.29 is 13.9 Å². The molecule has 0 unspecified atom stereocenters. The Kier molecular flexibility index (Phi) is 5.71. The highest BCUT2D eigenvalue weighted by Gasteiger charge is 2.22. The van der Waals surface area contributed by atoms with Crippen molar-refractivity contribution in [3.8, 4) is 17.3 Å². The summed E-state index contributed by atoms with van der Waals surface area (Å²) in [5, 5.41) is 8.62. The fraction of sp³-hybridized carbons (Fsp3) is 0.263. The van der Waals surface area contributed by atoms with Gasteiger partial charge in [-0.25, -0.2) is 4.98 Å². The molecule has 0 bridgehead atoms. The van der Waals surface area contributed by atoms with E-state index in [0.29, 0.717) is 33.8 Å². The molecule has 0 N–H and O–H groups in total. The van der Waals surface area contributed by atoms with Gasteiger partial charge in [-0.2, -0.15) is 0 Å². The predicted octanol–water partition coefficient (Wildman–Crippen LogP) is 3.84. The van der Waals surface area contributed by atoms with E-state index in [2.05, 4.69) is 15.2 Å². The fourth-order valence-electron chi connectivity index (χ4n) is 2.49. The summed E-state index contributed by atoms with van der Waals surface area (Å²) in [5.74, 6) is 0.910. The molecule has 7 nitrogen and oxygen atoms in total. The molecular formula is C19H19ClN4O3. The predicted molar refractivity (Wildman–Crippen MR) is 101 cm³/mol. The van der Waals surface area contributed by atoms with Gasteiger partial charge in [0.25, 0.3) is 5.91 Å². The van der Waals surface area contributed by atoms with Gasteiger partial charge in [-0.05, 0) is 32.0 Å². The molecule has 3 aromatic rings. The average Bonchev–Trinajstić information content (AvgIpc) is 3.14. The number of amides is 1. The maximum absolute atomic E-state index is 12.9. The van der Waals surface area contributed by atoms with E-state index < -0.39 is 0 Å². The summed E-state index contributed by atoms with van der Waals surface area (Å²) < 4.78 is 10.7. The smallest absolute Gasteiger partial charge is 0.256 e. The Morgan fingerprint density at radius 3 is 2.63 bits per heavy atom. The Morgan fingerprint density at radius 2 is 2.00 bits per heavy atom. The molecule has 0 aliphatic carbocycles. The Balaban J connectivity index is 1.80. The molecule has 27 heavy (non-hydrogen) atoms. The summed E-state index contributed by atoms with van der Waals surface area (Å²) in [6.07, 6.45) is 1.49. The largest absolute Gasteiger partial charge is 0.481 e. The van der Waals surface area contributed by atoms with E-state index in [9.17, 15) is 4.79 Å². The van der Waals surface area contributed by atoms with Crippen molar-refractivity contribution in [2.24, 2.45) is 0 Å². The Hall–Kier alpha value is -2.93. The first-order chi connectivity index (χ1) is 13.0. The second kappa shape index (κ2) is 8.18. The van der Waals surface area contributed by atoms with Gasteiger partial charge in [0.1, 0.15) is 0 Å². The minimum Gasteiger partial charge on any atom is -0.481 e. The van der Waals surface area contributed by atoms with Crippen molar-refractivity contribution in [1.82, 2.24) is 20.1 Å². The number of hydrogen-bond donors (Lipinski definition) is 0. The molecule has 0 atom stereocenters. The third-order valence-corrected chi connectivity index (χ3v) is 4.28.